The van der Waals surface area contributed by atoms with E-state index >= 15 is 0 Å². The monoisotopic (exact) mass is 509 g/mol. The van der Waals surface area contributed by atoms with Gasteiger partial charge in [-0.25, -0.2) is 0 Å². The number of aromatic nitrogens is 1. The molecule has 1 fully saturated rings. The van der Waals surface area contributed by atoms with Crippen molar-refractivity contribution in [1.29, 1.82) is 5.26 Å². The van der Waals surface area contributed by atoms with Crippen LogP contribution in [-0.2, 0) is 0 Å². The summed E-state index contributed by atoms with van der Waals surface area (Å²) in [6.07, 6.45) is 5.57. The molecular formula is C32H39N5O. The first-order valence-corrected chi connectivity index (χ1v) is 13.9. The van der Waals surface area contributed by atoms with E-state index < -0.39 is 0 Å². The summed E-state index contributed by atoms with van der Waals surface area (Å²) in [5.74, 6) is 0.750. The molecule has 0 aliphatic carbocycles. The number of fused-ring (bicyclic) bond motifs is 1. The zero-order valence-corrected chi connectivity index (χ0v) is 23.2. The van der Waals surface area contributed by atoms with Crippen LogP contribution in [0.25, 0.3) is 22.2 Å². The lowest BCUT2D eigenvalue weighted by Gasteiger charge is -2.37. The third kappa shape index (κ3) is 5.41. The Morgan fingerprint density at radius 3 is 2.45 bits per heavy atom. The first-order valence-electron chi connectivity index (χ1n) is 13.9. The van der Waals surface area contributed by atoms with Crippen LogP contribution >= 0.6 is 0 Å². The Morgan fingerprint density at radius 2 is 1.79 bits per heavy atom. The van der Waals surface area contributed by atoms with Crippen molar-refractivity contribution in [3.63, 3.8) is 0 Å². The molecule has 2 aliphatic rings. The molecule has 3 heterocycles. The average Bonchev–Trinajstić information content (AvgIpc) is 3.32. The van der Waals surface area contributed by atoms with E-state index in [0.29, 0.717) is 17.5 Å². The zero-order chi connectivity index (χ0) is 26.8. The number of carbonyl (C=O) groups is 1. The molecule has 0 N–H and O–H groups in total. The Labute approximate surface area is 226 Å². The van der Waals surface area contributed by atoms with Gasteiger partial charge in [0.2, 0.25) is 0 Å². The van der Waals surface area contributed by atoms with Gasteiger partial charge in [0.05, 0.1) is 17.1 Å². The first kappa shape index (κ1) is 26.2. The Bertz CT molecular complexity index is 1380. The van der Waals surface area contributed by atoms with Crippen LogP contribution in [0.4, 0.5) is 0 Å². The number of nitrogens with zero attached hydrogens (tertiary/aromatic N) is 5. The van der Waals surface area contributed by atoms with Gasteiger partial charge in [-0.2, -0.15) is 5.26 Å². The lowest BCUT2D eigenvalue weighted by molar-refractivity contribution is 0.0595. The molecule has 0 bridgehead atoms. The zero-order valence-electron chi connectivity index (χ0n) is 23.2. The summed E-state index contributed by atoms with van der Waals surface area (Å²) in [7, 11) is 0. The van der Waals surface area contributed by atoms with Crippen LogP contribution in [0.5, 0.6) is 0 Å². The van der Waals surface area contributed by atoms with Crippen LogP contribution in [0, 0.1) is 17.2 Å². The van der Waals surface area contributed by atoms with Gasteiger partial charge in [-0.3, -0.25) is 14.6 Å². The molecule has 38 heavy (non-hydrogen) atoms. The third-order valence-corrected chi connectivity index (χ3v) is 7.90. The van der Waals surface area contributed by atoms with Crippen LogP contribution in [0.2, 0.25) is 0 Å². The maximum absolute atomic E-state index is 13.5. The minimum absolute atomic E-state index is 0.0941. The van der Waals surface area contributed by atoms with E-state index in [1.807, 2.05) is 41.3 Å². The van der Waals surface area contributed by atoms with Crippen molar-refractivity contribution in [2.24, 2.45) is 5.92 Å². The number of rotatable bonds is 6. The highest BCUT2D eigenvalue weighted by Crippen LogP contribution is 2.34. The SMILES string of the molecule is CC(C)CN1CC=C(c2cn(-c3cccc(C#N)c3)c3cc(C(=O)N4CCN(C(C)C)CC4)ccc23)CC1. The van der Waals surface area contributed by atoms with Gasteiger partial charge in [-0.1, -0.05) is 32.1 Å². The highest BCUT2D eigenvalue weighted by Gasteiger charge is 2.25. The molecule has 6 heteroatoms. The Kier molecular flexibility index (Phi) is 7.69. The van der Waals surface area contributed by atoms with E-state index in [2.05, 4.69) is 66.5 Å². The van der Waals surface area contributed by atoms with Crippen LogP contribution in [0.15, 0.2) is 54.7 Å². The number of nitriles is 1. The highest BCUT2D eigenvalue weighted by atomic mass is 16.2. The van der Waals surface area contributed by atoms with Gasteiger partial charge in [0, 0.05) is 80.3 Å². The van der Waals surface area contributed by atoms with Crippen molar-refractivity contribution >= 4 is 22.4 Å². The van der Waals surface area contributed by atoms with Crippen LogP contribution in [0.3, 0.4) is 0 Å². The van der Waals surface area contributed by atoms with Crippen molar-refractivity contribution in [3.8, 4) is 11.8 Å². The van der Waals surface area contributed by atoms with E-state index in [0.717, 1.165) is 74.4 Å². The van der Waals surface area contributed by atoms with Gasteiger partial charge in [0.15, 0.2) is 0 Å². The van der Waals surface area contributed by atoms with Gasteiger partial charge in [0.1, 0.15) is 0 Å². The molecule has 1 saturated heterocycles. The summed E-state index contributed by atoms with van der Waals surface area (Å²) < 4.78 is 2.15. The summed E-state index contributed by atoms with van der Waals surface area (Å²) >= 11 is 0. The molecule has 0 unspecified atom stereocenters. The smallest absolute Gasteiger partial charge is 0.254 e. The summed E-state index contributed by atoms with van der Waals surface area (Å²) in [5.41, 5.74) is 5.87. The molecule has 0 atom stereocenters. The summed E-state index contributed by atoms with van der Waals surface area (Å²) in [6.45, 7) is 15.4. The van der Waals surface area contributed by atoms with Crippen molar-refractivity contribution < 1.29 is 4.79 Å². The van der Waals surface area contributed by atoms with Crippen LogP contribution < -0.4 is 0 Å². The molecule has 0 spiro atoms. The fourth-order valence-electron chi connectivity index (χ4n) is 5.82. The lowest BCUT2D eigenvalue weighted by atomic mass is 9.97. The van der Waals surface area contributed by atoms with Crippen LogP contribution in [-0.4, -0.2) is 77.0 Å². The largest absolute Gasteiger partial charge is 0.336 e. The normalized spacial score (nSPS) is 17.3. The topological polar surface area (TPSA) is 55.5 Å². The molecule has 0 saturated carbocycles. The molecular weight excluding hydrogens is 470 g/mol. The van der Waals surface area contributed by atoms with Gasteiger partial charge >= 0.3 is 0 Å². The van der Waals surface area contributed by atoms with Crippen LogP contribution in [0.1, 0.15) is 55.6 Å². The average molecular weight is 510 g/mol. The van der Waals surface area contributed by atoms with E-state index in [4.69, 9.17) is 0 Å². The number of hydrogen-bond acceptors (Lipinski definition) is 4. The Balaban J connectivity index is 1.51. The van der Waals surface area contributed by atoms with Gasteiger partial charge in [0.25, 0.3) is 5.91 Å². The van der Waals surface area contributed by atoms with Gasteiger partial charge < -0.3 is 9.47 Å². The number of benzene rings is 2. The van der Waals surface area contributed by atoms with E-state index in [1.165, 1.54) is 11.1 Å². The second-order valence-electron chi connectivity index (χ2n) is 11.4. The second-order valence-corrected chi connectivity index (χ2v) is 11.4. The predicted octanol–water partition coefficient (Wildman–Crippen LogP) is 5.41. The molecule has 3 aromatic rings. The van der Waals surface area contributed by atoms with Gasteiger partial charge in [-0.05, 0) is 62.1 Å². The molecule has 0 radical (unpaired) electrons. The first-order chi connectivity index (χ1) is 18.3. The fourth-order valence-corrected chi connectivity index (χ4v) is 5.82. The minimum Gasteiger partial charge on any atom is -0.336 e. The molecule has 1 aromatic heterocycles. The number of carbonyl (C=O) groups excluding carboxylic acids is 1. The quantitative estimate of drug-likeness (QED) is 0.446. The lowest BCUT2D eigenvalue weighted by Crippen LogP contribution is -2.50. The molecule has 2 aliphatic heterocycles. The summed E-state index contributed by atoms with van der Waals surface area (Å²) in [4.78, 5) is 20.5. The summed E-state index contributed by atoms with van der Waals surface area (Å²) in [5, 5.41) is 10.7. The Morgan fingerprint density at radius 1 is 1.00 bits per heavy atom. The third-order valence-electron chi connectivity index (χ3n) is 7.90. The predicted molar refractivity (Wildman–Crippen MR) is 154 cm³/mol. The van der Waals surface area contributed by atoms with Crippen molar-refractivity contribution in [3.05, 3.63) is 71.4 Å². The molecule has 6 nitrogen and oxygen atoms in total. The molecule has 1 amide bonds. The molecule has 5 rings (SSSR count). The Hall–Kier alpha value is -3.40. The number of piperazine rings is 1. The molecule has 198 valence electrons. The maximum Gasteiger partial charge on any atom is 0.254 e. The highest BCUT2D eigenvalue weighted by molar-refractivity contribution is 6.01. The van der Waals surface area contributed by atoms with Crippen molar-refractivity contribution in [1.82, 2.24) is 19.3 Å². The minimum atomic E-state index is 0.0941. The van der Waals surface area contributed by atoms with E-state index in [9.17, 15) is 10.1 Å². The van der Waals surface area contributed by atoms with Crippen molar-refractivity contribution in [2.75, 3.05) is 45.8 Å². The molecule has 2 aromatic carbocycles. The second kappa shape index (κ2) is 11.1. The van der Waals surface area contributed by atoms with Crippen molar-refractivity contribution in [2.45, 2.75) is 40.2 Å². The number of amides is 1. The fraction of sp³-hybridized carbons (Fsp3) is 0.438. The standard InChI is InChI=1S/C32H39N5O/c1-23(2)21-34-12-10-26(11-13-34)30-22-37(28-7-5-6-25(18-28)20-33)31-19-27(8-9-29(30)31)32(38)36-16-14-35(15-17-36)24(3)4/h5-10,18-19,22-24H,11-17,21H2,1-4H3. The number of hydrogen-bond donors (Lipinski definition) is 0. The van der Waals surface area contributed by atoms with E-state index in [-0.39, 0.29) is 5.91 Å². The van der Waals surface area contributed by atoms with E-state index in [1.54, 1.807) is 0 Å². The summed E-state index contributed by atoms with van der Waals surface area (Å²) in [6, 6.07) is 16.6. The van der Waals surface area contributed by atoms with Gasteiger partial charge in [-0.15, -0.1) is 0 Å². The maximum atomic E-state index is 13.5.